The van der Waals surface area contributed by atoms with Gasteiger partial charge in [0.05, 0.1) is 6.10 Å². The lowest BCUT2D eigenvalue weighted by Crippen LogP contribution is -2.25. The van der Waals surface area contributed by atoms with Gasteiger partial charge in [0.2, 0.25) is 0 Å². The largest absolute Gasteiger partial charge is 0.413 e. The molecule has 0 N–H and O–H groups in total. The Morgan fingerprint density at radius 2 is 1.59 bits per heavy atom. The van der Waals surface area contributed by atoms with Crippen LogP contribution in [0.1, 0.15) is 32.4 Å². The molecule has 2 aromatic carbocycles. The quantitative estimate of drug-likeness (QED) is 0.576. The van der Waals surface area contributed by atoms with Crippen molar-refractivity contribution in [1.29, 1.82) is 0 Å². The molecule has 0 fully saturated rings. The molecule has 0 heterocycles. The molecule has 0 spiro atoms. The van der Waals surface area contributed by atoms with Crippen LogP contribution in [0.3, 0.4) is 0 Å². The van der Waals surface area contributed by atoms with Crippen LogP contribution in [-0.4, -0.2) is 9.04 Å². The fourth-order valence-electron chi connectivity index (χ4n) is 2.57. The molecule has 0 saturated heterocycles. The van der Waals surface area contributed by atoms with E-state index in [0.717, 1.165) is 4.47 Å². The zero-order chi connectivity index (χ0) is 16.3. The van der Waals surface area contributed by atoms with Crippen LogP contribution in [0.2, 0.25) is 13.1 Å². The maximum absolute atomic E-state index is 6.30. The summed E-state index contributed by atoms with van der Waals surface area (Å²) < 4.78 is 7.40. The fourth-order valence-corrected chi connectivity index (χ4v) is 4.08. The number of rotatable bonds is 4. The van der Waals surface area contributed by atoms with Crippen molar-refractivity contribution in [1.82, 2.24) is 0 Å². The first-order chi connectivity index (χ1) is 10.3. The van der Waals surface area contributed by atoms with Crippen molar-refractivity contribution in [3.8, 4) is 11.1 Å². The van der Waals surface area contributed by atoms with Gasteiger partial charge < -0.3 is 4.43 Å². The molecule has 0 aromatic heterocycles. The van der Waals surface area contributed by atoms with Gasteiger partial charge in [-0.3, -0.25) is 0 Å². The Morgan fingerprint density at radius 1 is 0.955 bits per heavy atom. The van der Waals surface area contributed by atoms with E-state index in [0.29, 0.717) is 0 Å². The molecule has 0 saturated carbocycles. The second-order valence-electron chi connectivity index (χ2n) is 7.06. The van der Waals surface area contributed by atoms with E-state index in [2.05, 4.69) is 98.3 Å². The van der Waals surface area contributed by atoms with E-state index in [1.165, 1.54) is 16.7 Å². The molecule has 1 atom stereocenters. The Hall–Kier alpha value is -0.903. The highest BCUT2D eigenvalue weighted by molar-refractivity contribution is 9.10. The van der Waals surface area contributed by atoms with Gasteiger partial charge in [-0.2, -0.15) is 0 Å². The average molecular weight is 377 g/mol. The van der Waals surface area contributed by atoms with Crippen molar-refractivity contribution in [2.75, 3.05) is 0 Å². The second kappa shape index (κ2) is 7.11. The lowest BCUT2D eigenvalue weighted by Gasteiger charge is -2.33. The molecule has 1 nitrogen and oxygen atoms in total. The van der Waals surface area contributed by atoms with Gasteiger partial charge >= 0.3 is 0 Å². The maximum atomic E-state index is 6.30. The highest BCUT2D eigenvalue weighted by Crippen LogP contribution is 2.37. The molecular weight excluding hydrogens is 352 g/mol. The normalized spacial score (nSPS) is 13.4. The number of hydrogen-bond acceptors (Lipinski definition) is 1. The average Bonchev–Trinajstić information content (AvgIpc) is 2.44. The van der Waals surface area contributed by atoms with Crippen LogP contribution < -0.4 is 0 Å². The monoisotopic (exact) mass is 376 g/mol. The van der Waals surface area contributed by atoms with Gasteiger partial charge in [-0.15, -0.1) is 0 Å². The summed E-state index contributed by atoms with van der Waals surface area (Å²) in [7, 11) is -1.08. The molecule has 2 aromatic rings. The van der Waals surface area contributed by atoms with Crippen molar-refractivity contribution in [3.63, 3.8) is 0 Å². The van der Waals surface area contributed by atoms with Gasteiger partial charge in [0.1, 0.15) is 0 Å². The lowest BCUT2D eigenvalue weighted by atomic mass is 9.84. The van der Waals surface area contributed by atoms with E-state index in [1.807, 2.05) is 0 Å². The van der Waals surface area contributed by atoms with E-state index < -0.39 is 9.04 Å². The van der Waals surface area contributed by atoms with E-state index in [1.54, 1.807) is 0 Å². The van der Waals surface area contributed by atoms with E-state index >= 15 is 0 Å². The summed E-state index contributed by atoms with van der Waals surface area (Å²) in [6.45, 7) is 11.2. The summed E-state index contributed by atoms with van der Waals surface area (Å²) in [5.74, 6) is 0. The zero-order valence-corrected chi connectivity index (χ0v) is 16.8. The topological polar surface area (TPSA) is 9.23 Å². The van der Waals surface area contributed by atoms with Crippen molar-refractivity contribution >= 4 is 25.0 Å². The van der Waals surface area contributed by atoms with Crippen molar-refractivity contribution in [2.24, 2.45) is 5.41 Å². The minimum atomic E-state index is -1.08. The van der Waals surface area contributed by atoms with Crippen LogP contribution in [0.15, 0.2) is 53.0 Å². The van der Waals surface area contributed by atoms with Crippen molar-refractivity contribution < 1.29 is 4.43 Å². The molecule has 3 heteroatoms. The third kappa shape index (κ3) is 4.54. The van der Waals surface area contributed by atoms with Crippen molar-refractivity contribution in [3.05, 3.63) is 58.6 Å². The highest BCUT2D eigenvalue weighted by atomic mass is 79.9. The summed E-state index contributed by atoms with van der Waals surface area (Å²) in [4.78, 5) is 0. The molecule has 22 heavy (non-hydrogen) atoms. The molecule has 2 rings (SSSR count). The summed E-state index contributed by atoms with van der Waals surface area (Å²) in [5, 5.41) is 0. The number of hydrogen-bond donors (Lipinski definition) is 0. The van der Waals surface area contributed by atoms with Gasteiger partial charge in [0.15, 0.2) is 9.04 Å². The van der Waals surface area contributed by atoms with Crippen LogP contribution in [0.25, 0.3) is 11.1 Å². The molecule has 0 radical (unpaired) electrons. The summed E-state index contributed by atoms with van der Waals surface area (Å²) in [6, 6.07) is 17.2. The third-order valence-corrected chi connectivity index (χ3v) is 4.88. The zero-order valence-electron chi connectivity index (χ0n) is 14.1. The van der Waals surface area contributed by atoms with E-state index in [4.69, 9.17) is 4.43 Å². The van der Waals surface area contributed by atoms with Gasteiger partial charge in [-0.25, -0.2) is 0 Å². The standard InChI is InChI=1S/C19H25BrOSi/c1-19(2,3)18(21-22(4)5)15-11-9-14(10-12-15)16-7-6-8-17(20)13-16/h6-13,18,22H,1-5H3. The summed E-state index contributed by atoms with van der Waals surface area (Å²) >= 11 is 3.53. The van der Waals surface area contributed by atoms with E-state index in [-0.39, 0.29) is 11.5 Å². The van der Waals surface area contributed by atoms with Gasteiger partial charge in [-0.1, -0.05) is 73.1 Å². The van der Waals surface area contributed by atoms with Gasteiger partial charge in [0, 0.05) is 4.47 Å². The van der Waals surface area contributed by atoms with Gasteiger partial charge in [0.25, 0.3) is 0 Å². The van der Waals surface area contributed by atoms with Crippen LogP contribution >= 0.6 is 15.9 Å². The fraction of sp³-hybridized carbons (Fsp3) is 0.368. The third-order valence-electron chi connectivity index (χ3n) is 3.57. The summed E-state index contributed by atoms with van der Waals surface area (Å²) in [5.41, 5.74) is 3.84. The predicted octanol–water partition coefficient (Wildman–Crippen LogP) is 6.20. The first kappa shape index (κ1) is 17.5. The Labute approximate surface area is 144 Å². The summed E-state index contributed by atoms with van der Waals surface area (Å²) in [6.07, 6.45) is 0.163. The Bertz CT molecular complexity index is 614. The first-order valence-electron chi connectivity index (χ1n) is 7.79. The Balaban J connectivity index is 2.30. The van der Waals surface area contributed by atoms with Gasteiger partial charge in [-0.05, 0) is 47.3 Å². The van der Waals surface area contributed by atoms with Crippen LogP contribution in [0.5, 0.6) is 0 Å². The molecule has 0 aliphatic heterocycles. The minimum Gasteiger partial charge on any atom is -0.413 e. The lowest BCUT2D eigenvalue weighted by molar-refractivity contribution is 0.0866. The van der Waals surface area contributed by atoms with Crippen molar-refractivity contribution in [2.45, 2.75) is 40.0 Å². The molecule has 0 amide bonds. The molecular formula is C19H25BrOSi. The van der Waals surface area contributed by atoms with Crippen LogP contribution in [0.4, 0.5) is 0 Å². The minimum absolute atomic E-state index is 0.106. The molecule has 0 aliphatic rings. The van der Waals surface area contributed by atoms with Crippen LogP contribution in [0, 0.1) is 5.41 Å². The predicted molar refractivity (Wildman–Crippen MR) is 102 cm³/mol. The number of halogens is 1. The molecule has 118 valence electrons. The SMILES string of the molecule is C[SiH](C)OC(c1ccc(-c2cccc(Br)c2)cc1)C(C)(C)C. The van der Waals surface area contributed by atoms with Crippen LogP contribution in [-0.2, 0) is 4.43 Å². The number of benzene rings is 2. The second-order valence-corrected chi connectivity index (χ2v) is 10.3. The Morgan fingerprint density at radius 3 is 2.09 bits per heavy atom. The highest BCUT2D eigenvalue weighted by Gasteiger charge is 2.27. The smallest absolute Gasteiger partial charge is 0.171 e. The molecule has 1 unspecified atom stereocenters. The molecule has 0 bridgehead atoms. The Kier molecular flexibility index (Phi) is 5.64. The molecule has 0 aliphatic carbocycles. The van der Waals surface area contributed by atoms with E-state index in [9.17, 15) is 0 Å². The maximum Gasteiger partial charge on any atom is 0.171 e. The first-order valence-corrected chi connectivity index (χ1v) is 11.4.